The molecule has 354 valence electrons. The minimum atomic E-state index is -0.417. The maximum Gasteiger partial charge on any atom is 0.267 e. The van der Waals surface area contributed by atoms with E-state index in [1.807, 2.05) is 18.3 Å². The molecule has 5 nitrogen and oxygen atoms in total. The van der Waals surface area contributed by atoms with Gasteiger partial charge in [0.15, 0.2) is 0 Å². The van der Waals surface area contributed by atoms with E-state index in [4.69, 9.17) is 9.72 Å². The van der Waals surface area contributed by atoms with Crippen LogP contribution in [0.25, 0.3) is 50.1 Å². The zero-order chi connectivity index (χ0) is 48.3. The van der Waals surface area contributed by atoms with Crippen molar-refractivity contribution in [3.05, 3.63) is 234 Å². The van der Waals surface area contributed by atoms with Gasteiger partial charge in [0.05, 0.1) is 11.4 Å². The molecule has 0 N–H and O–H groups in total. The topological polar surface area (TPSA) is 35.9 Å². The second-order valence-corrected chi connectivity index (χ2v) is 21.5. The summed E-state index contributed by atoms with van der Waals surface area (Å²) < 4.78 is 13.6. The van der Waals surface area contributed by atoms with E-state index in [2.05, 4.69) is 265 Å². The standard InChI is InChI=1S/C64H60N4O.Pt/c1-61(2,3)48-33-34-65-59(38-48)68-56-32-21-20-31-54(56)60-55(63(7,8)46-25-16-12-17-26-46)40-53(41-57(60)68)69-52-30-22-29-50(39-52)67-43-66(42-58(67)64(9,10)47-27-18-13-19-28-47)51-36-45(44-23-14-11-15-24-44)35-49(37-51)62(4,5)6;/h11-38,40,42H,1-10H3;/q-2;. The molecule has 0 saturated heterocycles. The molecule has 70 heavy (non-hydrogen) atoms. The fraction of sp³-hybridized carbons (Fsp3) is 0.219. The van der Waals surface area contributed by atoms with Crippen molar-refractivity contribution in [2.24, 2.45) is 0 Å². The van der Waals surface area contributed by atoms with Crippen molar-refractivity contribution in [2.75, 3.05) is 0 Å². The third-order valence-electron chi connectivity index (χ3n) is 13.9. The molecule has 0 amide bonds. The average Bonchev–Trinajstić information content (AvgIpc) is 3.95. The first kappa shape index (κ1) is 48.2. The predicted molar refractivity (Wildman–Crippen MR) is 282 cm³/mol. The smallest absolute Gasteiger partial charge is 0.267 e. The normalized spacial score (nSPS) is 12.3. The van der Waals surface area contributed by atoms with Gasteiger partial charge in [0.2, 0.25) is 0 Å². The van der Waals surface area contributed by atoms with Crippen molar-refractivity contribution >= 4 is 21.8 Å². The van der Waals surface area contributed by atoms with Crippen molar-refractivity contribution in [2.45, 2.75) is 90.9 Å². The number of para-hydroxylation sites is 1. The minimum Gasteiger partial charge on any atom is -0.510 e. The summed E-state index contributed by atoms with van der Waals surface area (Å²) in [6, 6.07) is 67.7. The van der Waals surface area contributed by atoms with Gasteiger partial charge < -0.3 is 13.9 Å². The Balaban J connectivity index is 0.00000608. The third kappa shape index (κ3) is 9.09. The molecule has 10 aromatic rings. The van der Waals surface area contributed by atoms with Crippen LogP contribution in [0.1, 0.15) is 103 Å². The number of fused-ring (bicyclic) bond motifs is 3. The molecule has 0 fully saturated rings. The molecule has 7 aromatic carbocycles. The van der Waals surface area contributed by atoms with Gasteiger partial charge in [0.1, 0.15) is 5.82 Å². The molecule has 0 aliphatic carbocycles. The maximum absolute atomic E-state index is 7.03. The quantitative estimate of drug-likeness (QED) is 0.101. The molecule has 0 spiro atoms. The second kappa shape index (κ2) is 18.5. The fourth-order valence-corrected chi connectivity index (χ4v) is 9.65. The number of pyridine rings is 1. The number of aromatic nitrogens is 4. The molecule has 0 atom stereocenters. The molecule has 6 heteroatoms. The Kier molecular flexibility index (Phi) is 12.7. The first-order valence-electron chi connectivity index (χ1n) is 24.0. The monoisotopic (exact) mass is 1100 g/mol. The van der Waals surface area contributed by atoms with Crippen LogP contribution < -0.4 is 9.30 Å². The van der Waals surface area contributed by atoms with E-state index in [1.165, 1.54) is 27.8 Å². The first-order chi connectivity index (χ1) is 33.0. The summed E-state index contributed by atoms with van der Waals surface area (Å²) >= 11 is 0. The van der Waals surface area contributed by atoms with E-state index in [9.17, 15) is 0 Å². The van der Waals surface area contributed by atoms with Crippen LogP contribution in [-0.4, -0.2) is 14.1 Å². The van der Waals surface area contributed by atoms with Gasteiger partial charge in [-0.25, -0.2) is 4.98 Å². The van der Waals surface area contributed by atoms with E-state index < -0.39 is 10.8 Å². The molecule has 0 radical (unpaired) electrons. The number of hydrogen-bond acceptors (Lipinski definition) is 2. The Morgan fingerprint density at radius 3 is 1.83 bits per heavy atom. The SMILES string of the molecule is CC(C)(C)c1cc(-c2ccccc2)cc(-[n+]2[c-]n(-c3[c-]c(Oc4[c-]c5c(c(C(C)(C)c6ccccc6)c4)c4ccccc4n5-c4cc(C(C)(C)C)ccn4)ccc3)c(C(C)(C)c3ccccc3)c2)c1.[Pt]. The molecule has 10 rings (SSSR count). The number of imidazole rings is 1. The molecule has 0 aliphatic heterocycles. The van der Waals surface area contributed by atoms with E-state index in [1.54, 1.807) is 0 Å². The zero-order valence-electron chi connectivity index (χ0n) is 41.8. The Hall–Kier alpha value is -6.81. The Bertz CT molecular complexity index is 3480. The van der Waals surface area contributed by atoms with Crippen molar-refractivity contribution in [3.8, 4) is 39.8 Å². The number of nitrogens with zero attached hydrogens (tertiary/aromatic N) is 4. The summed E-state index contributed by atoms with van der Waals surface area (Å²) in [6.07, 6.45) is 7.94. The summed E-state index contributed by atoms with van der Waals surface area (Å²) in [5.74, 6) is 2.00. The zero-order valence-corrected chi connectivity index (χ0v) is 44.1. The van der Waals surface area contributed by atoms with Gasteiger partial charge in [-0.15, -0.1) is 29.8 Å². The van der Waals surface area contributed by atoms with Crippen molar-refractivity contribution in [1.29, 1.82) is 0 Å². The third-order valence-corrected chi connectivity index (χ3v) is 13.9. The molecule has 0 bridgehead atoms. The van der Waals surface area contributed by atoms with Crippen LogP contribution in [0.4, 0.5) is 0 Å². The van der Waals surface area contributed by atoms with Crippen LogP contribution in [0.5, 0.6) is 11.5 Å². The fourth-order valence-electron chi connectivity index (χ4n) is 9.65. The van der Waals surface area contributed by atoms with Gasteiger partial charge in [-0.3, -0.25) is 4.57 Å². The molecular weight excluding hydrogens is 1040 g/mol. The largest absolute Gasteiger partial charge is 0.510 e. The molecular formula is C64H60N4OPt-2. The summed E-state index contributed by atoms with van der Waals surface area (Å²) in [6.45, 7) is 22.7. The van der Waals surface area contributed by atoms with Crippen molar-refractivity contribution in [3.63, 3.8) is 0 Å². The van der Waals surface area contributed by atoms with Gasteiger partial charge >= 0.3 is 0 Å². The van der Waals surface area contributed by atoms with E-state index >= 15 is 0 Å². The Labute approximate surface area is 428 Å². The summed E-state index contributed by atoms with van der Waals surface area (Å²) in [7, 11) is 0. The summed E-state index contributed by atoms with van der Waals surface area (Å²) in [4.78, 5) is 5.00. The molecule has 3 aromatic heterocycles. The number of ether oxygens (including phenoxy) is 1. The summed E-state index contributed by atoms with van der Waals surface area (Å²) in [5, 5.41) is 2.26. The Morgan fingerprint density at radius 1 is 0.529 bits per heavy atom. The van der Waals surface area contributed by atoms with Gasteiger partial charge in [0.25, 0.3) is 6.33 Å². The van der Waals surface area contributed by atoms with Crippen LogP contribution >= 0.6 is 0 Å². The molecule has 0 saturated carbocycles. The van der Waals surface area contributed by atoms with Gasteiger partial charge in [0, 0.05) is 55.9 Å². The Morgan fingerprint density at radius 2 is 1.16 bits per heavy atom. The predicted octanol–water partition coefficient (Wildman–Crippen LogP) is 15.4. The number of hydrogen-bond donors (Lipinski definition) is 0. The van der Waals surface area contributed by atoms with Gasteiger partial charge in [-0.05, 0) is 91.0 Å². The van der Waals surface area contributed by atoms with E-state index in [0.717, 1.165) is 55.8 Å². The van der Waals surface area contributed by atoms with Crippen molar-refractivity contribution in [1.82, 2.24) is 14.1 Å². The van der Waals surface area contributed by atoms with Crippen LogP contribution in [0, 0.1) is 18.5 Å². The second-order valence-electron chi connectivity index (χ2n) is 21.5. The van der Waals surface area contributed by atoms with Crippen LogP contribution in [-0.2, 0) is 42.7 Å². The van der Waals surface area contributed by atoms with Crippen LogP contribution in [0.2, 0.25) is 0 Å². The molecule has 0 aliphatic rings. The summed E-state index contributed by atoms with van der Waals surface area (Å²) in [5.41, 5.74) is 12.2. The van der Waals surface area contributed by atoms with Crippen LogP contribution in [0.15, 0.2) is 182 Å². The minimum absolute atomic E-state index is 0. The average molecular weight is 1100 g/mol. The van der Waals surface area contributed by atoms with Gasteiger partial charge in [-0.1, -0.05) is 195 Å². The van der Waals surface area contributed by atoms with Crippen LogP contribution in [0.3, 0.4) is 0 Å². The van der Waals surface area contributed by atoms with Gasteiger partial charge in [-0.2, -0.15) is 12.1 Å². The first-order valence-corrected chi connectivity index (χ1v) is 24.0. The maximum atomic E-state index is 7.03. The molecule has 0 unspecified atom stereocenters. The number of rotatable bonds is 10. The molecule has 3 heterocycles. The van der Waals surface area contributed by atoms with Crippen molar-refractivity contribution < 1.29 is 30.4 Å². The number of benzene rings is 7. The van der Waals surface area contributed by atoms with E-state index in [0.29, 0.717) is 11.5 Å². The van der Waals surface area contributed by atoms with E-state index in [-0.39, 0.29) is 31.9 Å².